The fourth-order valence-electron chi connectivity index (χ4n) is 2.32. The van der Waals surface area contributed by atoms with Crippen molar-refractivity contribution in [1.82, 2.24) is 10.6 Å². The first-order valence-corrected chi connectivity index (χ1v) is 6.90. The number of nitrogens with one attached hydrogen (secondary N) is 2. The SMILES string of the molecule is Cc1ccc(C(O)CNC(=O)C2CCCNC2)cc1.Cl. The van der Waals surface area contributed by atoms with E-state index in [4.69, 9.17) is 0 Å². The molecule has 1 fully saturated rings. The first kappa shape index (κ1) is 17.0. The fraction of sp³-hybridized carbons (Fsp3) is 0.533. The maximum Gasteiger partial charge on any atom is 0.224 e. The largest absolute Gasteiger partial charge is 0.387 e. The zero-order valence-corrected chi connectivity index (χ0v) is 12.6. The molecule has 20 heavy (non-hydrogen) atoms. The van der Waals surface area contributed by atoms with E-state index in [0.717, 1.165) is 37.1 Å². The molecule has 2 atom stereocenters. The normalized spacial score (nSPS) is 19.8. The molecule has 0 aliphatic carbocycles. The third-order valence-electron chi connectivity index (χ3n) is 3.60. The summed E-state index contributed by atoms with van der Waals surface area (Å²) in [4.78, 5) is 11.9. The third kappa shape index (κ3) is 4.78. The molecule has 1 aliphatic heterocycles. The Balaban J connectivity index is 0.00000200. The molecular weight excluding hydrogens is 276 g/mol. The predicted molar refractivity (Wildman–Crippen MR) is 82.0 cm³/mol. The molecule has 1 aromatic carbocycles. The summed E-state index contributed by atoms with van der Waals surface area (Å²) in [6.07, 6.45) is 1.33. The number of aliphatic hydroxyl groups is 1. The zero-order chi connectivity index (χ0) is 13.7. The number of hydrogen-bond donors (Lipinski definition) is 3. The molecule has 0 aromatic heterocycles. The molecule has 4 nitrogen and oxygen atoms in total. The van der Waals surface area contributed by atoms with Crippen LogP contribution < -0.4 is 10.6 Å². The van der Waals surface area contributed by atoms with Crippen LogP contribution in [-0.2, 0) is 4.79 Å². The summed E-state index contributed by atoms with van der Waals surface area (Å²) in [7, 11) is 0. The van der Waals surface area contributed by atoms with Crippen molar-refractivity contribution < 1.29 is 9.90 Å². The van der Waals surface area contributed by atoms with Crippen molar-refractivity contribution in [1.29, 1.82) is 0 Å². The standard InChI is InChI=1S/C15H22N2O2.ClH/c1-11-4-6-12(7-5-11)14(18)10-17-15(19)13-3-2-8-16-9-13;/h4-7,13-14,16,18H,2-3,8-10H2,1H3,(H,17,19);1H. The molecule has 1 saturated heterocycles. The Morgan fingerprint density at radius 3 is 2.75 bits per heavy atom. The van der Waals surface area contributed by atoms with Crippen molar-refractivity contribution in [3.63, 3.8) is 0 Å². The van der Waals surface area contributed by atoms with E-state index in [1.807, 2.05) is 31.2 Å². The van der Waals surface area contributed by atoms with E-state index in [2.05, 4.69) is 10.6 Å². The molecule has 3 N–H and O–H groups in total. The van der Waals surface area contributed by atoms with Crippen LogP contribution in [0.1, 0.15) is 30.1 Å². The van der Waals surface area contributed by atoms with Crippen LogP contribution in [0.15, 0.2) is 24.3 Å². The molecule has 0 bridgehead atoms. The second-order valence-corrected chi connectivity index (χ2v) is 5.21. The van der Waals surface area contributed by atoms with Gasteiger partial charge in [0.05, 0.1) is 12.0 Å². The van der Waals surface area contributed by atoms with Crippen molar-refractivity contribution in [2.75, 3.05) is 19.6 Å². The Labute approximate surface area is 126 Å². The quantitative estimate of drug-likeness (QED) is 0.791. The molecule has 1 amide bonds. The number of carbonyl (C=O) groups is 1. The molecular formula is C15H23ClN2O2. The lowest BCUT2D eigenvalue weighted by atomic mass is 9.98. The number of piperidine rings is 1. The van der Waals surface area contributed by atoms with E-state index in [1.54, 1.807) is 0 Å². The Hall–Kier alpha value is -1.10. The van der Waals surface area contributed by atoms with Gasteiger partial charge >= 0.3 is 0 Å². The minimum absolute atomic E-state index is 0. The van der Waals surface area contributed by atoms with E-state index >= 15 is 0 Å². The second-order valence-electron chi connectivity index (χ2n) is 5.21. The predicted octanol–water partition coefficient (Wildman–Crippen LogP) is 1.57. The van der Waals surface area contributed by atoms with E-state index in [1.165, 1.54) is 0 Å². The van der Waals surface area contributed by atoms with Crippen LogP contribution in [0.3, 0.4) is 0 Å². The van der Waals surface area contributed by atoms with Crippen molar-refractivity contribution in [2.24, 2.45) is 5.92 Å². The molecule has 0 saturated carbocycles. The summed E-state index contributed by atoms with van der Waals surface area (Å²) in [5.41, 5.74) is 2.00. The van der Waals surface area contributed by atoms with Crippen LogP contribution >= 0.6 is 12.4 Å². The third-order valence-corrected chi connectivity index (χ3v) is 3.60. The van der Waals surface area contributed by atoms with Gasteiger partial charge in [-0.15, -0.1) is 12.4 Å². The Kier molecular flexibility index (Phi) is 6.99. The van der Waals surface area contributed by atoms with Crippen LogP contribution in [0.2, 0.25) is 0 Å². The molecule has 0 radical (unpaired) electrons. The van der Waals surface area contributed by atoms with E-state index in [0.29, 0.717) is 0 Å². The second kappa shape index (κ2) is 8.25. The Morgan fingerprint density at radius 2 is 2.15 bits per heavy atom. The number of amides is 1. The number of aryl methyl sites for hydroxylation is 1. The van der Waals surface area contributed by atoms with Gasteiger partial charge in [-0.05, 0) is 31.9 Å². The van der Waals surface area contributed by atoms with Gasteiger partial charge in [0, 0.05) is 13.1 Å². The number of carbonyl (C=O) groups excluding carboxylic acids is 1. The molecule has 112 valence electrons. The number of rotatable bonds is 4. The van der Waals surface area contributed by atoms with Crippen LogP contribution in [0.5, 0.6) is 0 Å². The number of aliphatic hydroxyl groups excluding tert-OH is 1. The monoisotopic (exact) mass is 298 g/mol. The van der Waals surface area contributed by atoms with Crippen molar-refractivity contribution in [3.05, 3.63) is 35.4 Å². The molecule has 1 aliphatic rings. The minimum Gasteiger partial charge on any atom is -0.387 e. The van der Waals surface area contributed by atoms with Gasteiger partial charge < -0.3 is 15.7 Å². The lowest BCUT2D eigenvalue weighted by molar-refractivity contribution is -0.125. The van der Waals surface area contributed by atoms with Crippen molar-refractivity contribution in [3.8, 4) is 0 Å². The van der Waals surface area contributed by atoms with Crippen LogP contribution in [-0.4, -0.2) is 30.6 Å². The van der Waals surface area contributed by atoms with Gasteiger partial charge in [-0.25, -0.2) is 0 Å². The number of benzene rings is 1. The molecule has 1 aromatic rings. The molecule has 5 heteroatoms. The van der Waals surface area contributed by atoms with Gasteiger partial charge in [0.1, 0.15) is 0 Å². The van der Waals surface area contributed by atoms with E-state index < -0.39 is 6.10 Å². The lowest BCUT2D eigenvalue weighted by Gasteiger charge is -2.22. The average Bonchev–Trinajstić information content (AvgIpc) is 2.46. The maximum atomic E-state index is 11.9. The van der Waals surface area contributed by atoms with Crippen LogP contribution in [0.25, 0.3) is 0 Å². The van der Waals surface area contributed by atoms with Gasteiger partial charge in [-0.2, -0.15) is 0 Å². The first-order valence-electron chi connectivity index (χ1n) is 6.90. The van der Waals surface area contributed by atoms with E-state index in [-0.39, 0.29) is 30.8 Å². The number of halogens is 1. The lowest BCUT2D eigenvalue weighted by Crippen LogP contribution is -2.41. The highest BCUT2D eigenvalue weighted by Gasteiger charge is 2.21. The van der Waals surface area contributed by atoms with Crippen molar-refractivity contribution in [2.45, 2.75) is 25.9 Å². The summed E-state index contributed by atoms with van der Waals surface area (Å²) >= 11 is 0. The fourth-order valence-corrected chi connectivity index (χ4v) is 2.32. The zero-order valence-electron chi connectivity index (χ0n) is 11.8. The van der Waals surface area contributed by atoms with Crippen LogP contribution in [0.4, 0.5) is 0 Å². The van der Waals surface area contributed by atoms with Crippen LogP contribution in [0, 0.1) is 12.8 Å². The summed E-state index contributed by atoms with van der Waals surface area (Å²) in [5, 5.41) is 16.1. The van der Waals surface area contributed by atoms with Gasteiger partial charge in [0.25, 0.3) is 0 Å². The first-order chi connectivity index (χ1) is 9.16. The van der Waals surface area contributed by atoms with Gasteiger partial charge in [-0.3, -0.25) is 4.79 Å². The maximum absolute atomic E-state index is 11.9. The summed E-state index contributed by atoms with van der Waals surface area (Å²) in [5.74, 6) is 0.0809. The highest BCUT2D eigenvalue weighted by atomic mass is 35.5. The molecule has 0 spiro atoms. The Morgan fingerprint density at radius 1 is 1.45 bits per heavy atom. The molecule has 1 heterocycles. The average molecular weight is 299 g/mol. The number of hydrogen-bond acceptors (Lipinski definition) is 3. The highest BCUT2D eigenvalue weighted by Crippen LogP contribution is 2.14. The molecule has 2 rings (SSSR count). The van der Waals surface area contributed by atoms with Crippen molar-refractivity contribution >= 4 is 18.3 Å². The minimum atomic E-state index is -0.638. The summed E-state index contributed by atoms with van der Waals surface area (Å²) in [6.45, 7) is 4.02. The smallest absolute Gasteiger partial charge is 0.224 e. The Bertz CT molecular complexity index is 416. The van der Waals surface area contributed by atoms with E-state index in [9.17, 15) is 9.90 Å². The van der Waals surface area contributed by atoms with Gasteiger partial charge in [0.2, 0.25) is 5.91 Å². The van der Waals surface area contributed by atoms with Gasteiger partial charge in [-0.1, -0.05) is 29.8 Å². The molecule has 2 unspecified atom stereocenters. The summed E-state index contributed by atoms with van der Waals surface area (Å²) in [6, 6.07) is 7.72. The highest BCUT2D eigenvalue weighted by molar-refractivity contribution is 5.85. The topological polar surface area (TPSA) is 61.4 Å². The summed E-state index contributed by atoms with van der Waals surface area (Å²) < 4.78 is 0. The van der Waals surface area contributed by atoms with Gasteiger partial charge in [0.15, 0.2) is 0 Å².